The van der Waals surface area contributed by atoms with Crippen molar-refractivity contribution in [2.75, 3.05) is 19.6 Å². The molecule has 2 atom stereocenters. The SMILES string of the molecule is CCN1CCC(Cc2ncc(C(C)O)o2)C1. The van der Waals surface area contributed by atoms with Crippen molar-refractivity contribution in [3.63, 3.8) is 0 Å². The van der Waals surface area contributed by atoms with E-state index in [2.05, 4.69) is 16.8 Å². The molecule has 2 unspecified atom stereocenters. The molecule has 0 radical (unpaired) electrons. The summed E-state index contributed by atoms with van der Waals surface area (Å²) in [7, 11) is 0. The maximum Gasteiger partial charge on any atom is 0.194 e. The van der Waals surface area contributed by atoms with Crippen LogP contribution in [0.1, 0.15) is 38.0 Å². The first-order chi connectivity index (χ1) is 7.69. The monoisotopic (exact) mass is 224 g/mol. The molecule has 0 bridgehead atoms. The van der Waals surface area contributed by atoms with Crippen molar-refractivity contribution < 1.29 is 9.52 Å². The first-order valence-electron chi connectivity index (χ1n) is 6.04. The van der Waals surface area contributed by atoms with Crippen LogP contribution in [0, 0.1) is 5.92 Å². The van der Waals surface area contributed by atoms with Crippen LogP contribution in [0.3, 0.4) is 0 Å². The molecule has 90 valence electrons. The lowest BCUT2D eigenvalue weighted by Crippen LogP contribution is -2.20. The number of likely N-dealkylation sites (tertiary alicyclic amines) is 1. The molecule has 1 aliphatic rings. The summed E-state index contributed by atoms with van der Waals surface area (Å²) in [5, 5.41) is 9.34. The summed E-state index contributed by atoms with van der Waals surface area (Å²) in [5.74, 6) is 1.99. The second-order valence-electron chi connectivity index (χ2n) is 4.58. The molecule has 4 nitrogen and oxygen atoms in total. The quantitative estimate of drug-likeness (QED) is 0.844. The maximum absolute atomic E-state index is 9.34. The molecule has 0 aromatic carbocycles. The predicted molar refractivity (Wildman–Crippen MR) is 61.1 cm³/mol. The molecule has 1 N–H and O–H groups in total. The average Bonchev–Trinajstić information content (AvgIpc) is 2.87. The molecule has 2 heterocycles. The summed E-state index contributed by atoms with van der Waals surface area (Å²) in [6.07, 6.45) is 3.19. The summed E-state index contributed by atoms with van der Waals surface area (Å²) in [5.41, 5.74) is 0. The average molecular weight is 224 g/mol. The molecule has 1 saturated heterocycles. The van der Waals surface area contributed by atoms with Crippen molar-refractivity contribution in [3.8, 4) is 0 Å². The summed E-state index contributed by atoms with van der Waals surface area (Å²) in [6.45, 7) is 7.34. The summed E-state index contributed by atoms with van der Waals surface area (Å²) >= 11 is 0. The highest BCUT2D eigenvalue weighted by Gasteiger charge is 2.23. The van der Waals surface area contributed by atoms with Crippen molar-refractivity contribution in [3.05, 3.63) is 17.8 Å². The standard InChI is InChI=1S/C12H20N2O2/c1-3-14-5-4-10(8-14)6-12-13-7-11(16-12)9(2)15/h7,9-10,15H,3-6,8H2,1-2H3. The number of rotatable bonds is 4. The zero-order valence-corrected chi connectivity index (χ0v) is 10.0. The minimum atomic E-state index is -0.558. The van der Waals surface area contributed by atoms with Gasteiger partial charge in [-0.1, -0.05) is 6.92 Å². The number of oxazole rings is 1. The molecule has 16 heavy (non-hydrogen) atoms. The number of aromatic nitrogens is 1. The molecule has 1 aromatic heterocycles. The zero-order valence-electron chi connectivity index (χ0n) is 10.0. The number of hydrogen-bond donors (Lipinski definition) is 1. The zero-order chi connectivity index (χ0) is 11.5. The van der Waals surface area contributed by atoms with E-state index in [0.29, 0.717) is 11.7 Å². The Balaban J connectivity index is 1.89. The Morgan fingerprint density at radius 3 is 3.06 bits per heavy atom. The van der Waals surface area contributed by atoms with Gasteiger partial charge in [-0.3, -0.25) is 0 Å². The van der Waals surface area contributed by atoms with Gasteiger partial charge < -0.3 is 14.4 Å². The molecule has 0 spiro atoms. The van der Waals surface area contributed by atoms with Crippen LogP contribution in [-0.2, 0) is 6.42 Å². The van der Waals surface area contributed by atoms with E-state index in [9.17, 15) is 5.11 Å². The Hall–Kier alpha value is -0.870. The van der Waals surface area contributed by atoms with Crippen LogP contribution >= 0.6 is 0 Å². The van der Waals surface area contributed by atoms with Gasteiger partial charge in [-0.25, -0.2) is 4.98 Å². The van der Waals surface area contributed by atoms with Crippen LogP contribution in [0.25, 0.3) is 0 Å². The Labute approximate surface area is 96.3 Å². The number of hydrogen-bond acceptors (Lipinski definition) is 4. The van der Waals surface area contributed by atoms with Gasteiger partial charge in [0.05, 0.1) is 6.20 Å². The summed E-state index contributed by atoms with van der Waals surface area (Å²) < 4.78 is 5.50. The van der Waals surface area contributed by atoms with Crippen molar-refractivity contribution in [1.82, 2.24) is 9.88 Å². The lowest BCUT2D eigenvalue weighted by Gasteiger charge is -2.11. The van der Waals surface area contributed by atoms with Crippen LogP contribution in [0.5, 0.6) is 0 Å². The van der Waals surface area contributed by atoms with Crippen molar-refractivity contribution >= 4 is 0 Å². The van der Waals surface area contributed by atoms with E-state index in [1.165, 1.54) is 13.0 Å². The van der Waals surface area contributed by atoms with Crippen LogP contribution in [0.15, 0.2) is 10.6 Å². The largest absolute Gasteiger partial charge is 0.443 e. The highest BCUT2D eigenvalue weighted by atomic mass is 16.4. The van der Waals surface area contributed by atoms with Gasteiger partial charge in [-0.15, -0.1) is 0 Å². The van der Waals surface area contributed by atoms with Crippen LogP contribution in [-0.4, -0.2) is 34.6 Å². The molecule has 4 heteroatoms. The van der Waals surface area contributed by atoms with Gasteiger partial charge in [0.2, 0.25) is 0 Å². The molecule has 0 saturated carbocycles. The fraction of sp³-hybridized carbons (Fsp3) is 0.750. The summed E-state index contributed by atoms with van der Waals surface area (Å²) in [6, 6.07) is 0. The minimum Gasteiger partial charge on any atom is -0.443 e. The second kappa shape index (κ2) is 4.97. The maximum atomic E-state index is 9.34. The van der Waals surface area contributed by atoms with E-state index in [1.54, 1.807) is 13.1 Å². The second-order valence-corrected chi connectivity index (χ2v) is 4.58. The Morgan fingerprint density at radius 2 is 2.50 bits per heavy atom. The topological polar surface area (TPSA) is 49.5 Å². The fourth-order valence-electron chi connectivity index (χ4n) is 2.23. The van der Waals surface area contributed by atoms with Crippen molar-refractivity contribution in [1.29, 1.82) is 0 Å². The number of aliphatic hydroxyl groups excluding tert-OH is 1. The van der Waals surface area contributed by atoms with Gasteiger partial charge in [0, 0.05) is 13.0 Å². The van der Waals surface area contributed by atoms with E-state index < -0.39 is 6.10 Å². The van der Waals surface area contributed by atoms with Crippen molar-refractivity contribution in [2.24, 2.45) is 5.92 Å². The smallest absolute Gasteiger partial charge is 0.194 e. The molecule has 1 fully saturated rings. The van der Waals surface area contributed by atoms with Gasteiger partial charge in [0.25, 0.3) is 0 Å². The highest BCUT2D eigenvalue weighted by molar-refractivity contribution is 4.98. The molecule has 1 aromatic rings. The first-order valence-corrected chi connectivity index (χ1v) is 6.04. The van der Waals surface area contributed by atoms with E-state index in [-0.39, 0.29) is 0 Å². The van der Waals surface area contributed by atoms with Gasteiger partial charge in [-0.05, 0) is 32.4 Å². The third-order valence-electron chi connectivity index (χ3n) is 3.26. The highest BCUT2D eigenvalue weighted by Crippen LogP contribution is 2.21. The predicted octanol–water partition coefficient (Wildman–Crippen LogP) is 1.61. The van der Waals surface area contributed by atoms with Crippen LogP contribution < -0.4 is 0 Å². The van der Waals surface area contributed by atoms with E-state index in [1.807, 2.05) is 0 Å². The molecule has 0 aliphatic carbocycles. The first kappa shape index (κ1) is 11.6. The fourth-order valence-corrected chi connectivity index (χ4v) is 2.23. The third kappa shape index (κ3) is 2.62. The number of nitrogens with zero attached hydrogens (tertiary/aromatic N) is 2. The number of aliphatic hydroxyl groups is 1. The van der Waals surface area contributed by atoms with Crippen LogP contribution in [0.4, 0.5) is 0 Å². The Kier molecular flexibility index (Phi) is 3.61. The van der Waals surface area contributed by atoms with E-state index in [4.69, 9.17) is 4.42 Å². The molecule has 0 amide bonds. The summed E-state index contributed by atoms with van der Waals surface area (Å²) in [4.78, 5) is 6.65. The van der Waals surface area contributed by atoms with Gasteiger partial charge in [-0.2, -0.15) is 0 Å². The third-order valence-corrected chi connectivity index (χ3v) is 3.26. The lowest BCUT2D eigenvalue weighted by atomic mass is 10.1. The normalized spacial score (nSPS) is 23.8. The molecular formula is C12H20N2O2. The van der Waals surface area contributed by atoms with Gasteiger partial charge in [0.15, 0.2) is 11.7 Å². The minimum absolute atomic E-state index is 0.558. The van der Waals surface area contributed by atoms with Crippen molar-refractivity contribution in [2.45, 2.75) is 32.8 Å². The molecule has 1 aliphatic heterocycles. The van der Waals surface area contributed by atoms with Crippen LogP contribution in [0.2, 0.25) is 0 Å². The molecular weight excluding hydrogens is 204 g/mol. The van der Waals surface area contributed by atoms with E-state index >= 15 is 0 Å². The lowest BCUT2D eigenvalue weighted by molar-refractivity contribution is 0.166. The Bertz CT molecular complexity index is 336. The van der Waals surface area contributed by atoms with Gasteiger partial charge >= 0.3 is 0 Å². The molecule has 2 rings (SSSR count). The Morgan fingerprint density at radius 1 is 1.69 bits per heavy atom. The van der Waals surface area contributed by atoms with Gasteiger partial charge in [0.1, 0.15) is 6.10 Å². The van der Waals surface area contributed by atoms with E-state index in [0.717, 1.165) is 25.4 Å².